The molecule has 4 nitrogen and oxygen atoms in total. The highest BCUT2D eigenvalue weighted by molar-refractivity contribution is 7.21. The summed E-state index contributed by atoms with van der Waals surface area (Å²) in [6.07, 6.45) is 6.19. The highest BCUT2D eigenvalue weighted by Gasteiger charge is 2.33. The third kappa shape index (κ3) is 3.20. The molecular weight excluding hydrogens is 404 g/mol. The average molecular weight is 429 g/mol. The fourth-order valence-corrected chi connectivity index (χ4v) is 6.55. The number of nitrogens with zero attached hydrogens (tertiary/aromatic N) is 2. The van der Waals surface area contributed by atoms with Crippen LogP contribution in [0.4, 0.5) is 0 Å². The molecule has 2 aliphatic rings. The number of aromatic carboxylic acids is 1. The second kappa shape index (κ2) is 7.46. The van der Waals surface area contributed by atoms with Crippen LogP contribution in [-0.2, 0) is 13.1 Å². The van der Waals surface area contributed by atoms with Crippen LogP contribution in [0.3, 0.4) is 0 Å². The number of hydrogen-bond donors (Lipinski definition) is 1. The predicted octanol–water partition coefficient (Wildman–Crippen LogP) is 6.21. The highest BCUT2D eigenvalue weighted by Crippen LogP contribution is 2.49. The van der Waals surface area contributed by atoms with Crippen molar-refractivity contribution in [1.82, 2.24) is 9.47 Å². The second-order valence-electron chi connectivity index (χ2n) is 8.39. The van der Waals surface area contributed by atoms with Crippen LogP contribution >= 0.6 is 22.9 Å². The van der Waals surface area contributed by atoms with Gasteiger partial charge in [-0.25, -0.2) is 4.79 Å². The third-order valence-corrected chi connectivity index (χ3v) is 7.97. The van der Waals surface area contributed by atoms with Crippen molar-refractivity contribution in [3.63, 3.8) is 0 Å². The van der Waals surface area contributed by atoms with Crippen molar-refractivity contribution in [3.05, 3.63) is 45.3 Å². The molecule has 0 amide bonds. The van der Waals surface area contributed by atoms with Crippen LogP contribution in [0.5, 0.6) is 0 Å². The molecule has 0 spiro atoms. The molecule has 0 saturated heterocycles. The molecule has 1 aromatic carbocycles. The van der Waals surface area contributed by atoms with Crippen LogP contribution in [0.25, 0.3) is 21.5 Å². The van der Waals surface area contributed by atoms with Gasteiger partial charge in [-0.15, -0.1) is 11.3 Å². The minimum absolute atomic E-state index is 0.503. The van der Waals surface area contributed by atoms with E-state index in [0.717, 1.165) is 29.2 Å². The minimum Gasteiger partial charge on any atom is -0.477 e. The Balaban J connectivity index is 1.83. The monoisotopic (exact) mass is 428 g/mol. The zero-order chi connectivity index (χ0) is 20.1. The van der Waals surface area contributed by atoms with Gasteiger partial charge in [0.05, 0.1) is 15.9 Å². The molecule has 3 aromatic rings. The van der Waals surface area contributed by atoms with Gasteiger partial charge in [-0.05, 0) is 49.1 Å². The van der Waals surface area contributed by atoms with Crippen LogP contribution < -0.4 is 0 Å². The Bertz CT molecular complexity index is 1080. The molecule has 2 aromatic heterocycles. The van der Waals surface area contributed by atoms with E-state index >= 15 is 0 Å². The normalized spacial score (nSPS) is 18.3. The highest BCUT2D eigenvalue weighted by atomic mass is 35.5. The molecule has 0 unspecified atom stereocenters. The number of hydrogen-bond acceptors (Lipinski definition) is 3. The van der Waals surface area contributed by atoms with E-state index in [4.69, 9.17) is 11.6 Å². The summed E-state index contributed by atoms with van der Waals surface area (Å²) in [6, 6.07) is 8.15. The second-order valence-corrected chi connectivity index (χ2v) is 9.84. The van der Waals surface area contributed by atoms with E-state index in [1.807, 2.05) is 12.1 Å². The summed E-state index contributed by atoms with van der Waals surface area (Å²) >= 11 is 7.67. The van der Waals surface area contributed by atoms with Crippen molar-refractivity contribution in [2.24, 2.45) is 0 Å². The number of thiophene rings is 1. The Morgan fingerprint density at radius 2 is 1.86 bits per heavy atom. The summed E-state index contributed by atoms with van der Waals surface area (Å²) in [6.45, 7) is 2.48. The number of rotatable bonds is 3. The lowest BCUT2D eigenvalue weighted by atomic mass is 9.83. The van der Waals surface area contributed by atoms with E-state index in [1.54, 1.807) is 0 Å². The Morgan fingerprint density at radius 3 is 2.55 bits per heavy atom. The molecule has 6 heteroatoms. The first-order valence-corrected chi connectivity index (χ1v) is 11.6. The number of benzene rings is 1. The standard InChI is InChI=1S/C23H25ClN2O2S/c1-25-11-12-26-19(15-7-9-16(24)10-8-15)18(14-5-3-2-4-6-14)22-20(26)17(13-25)21(29-22)23(27)28/h7-10,14H,2-6,11-13H2,1H3,(H,27,28). The smallest absolute Gasteiger partial charge is 0.346 e. The molecule has 5 rings (SSSR count). The van der Waals surface area contributed by atoms with Gasteiger partial charge in [-0.2, -0.15) is 0 Å². The fraction of sp³-hybridized carbons (Fsp3) is 0.435. The molecule has 1 aliphatic heterocycles. The van der Waals surface area contributed by atoms with E-state index in [1.165, 1.54) is 65.0 Å². The fourth-order valence-electron chi connectivity index (χ4n) is 5.14. The first kappa shape index (κ1) is 19.2. The zero-order valence-electron chi connectivity index (χ0n) is 16.6. The van der Waals surface area contributed by atoms with Crippen molar-refractivity contribution >= 4 is 39.1 Å². The van der Waals surface area contributed by atoms with Crippen molar-refractivity contribution in [2.45, 2.75) is 51.1 Å². The summed E-state index contributed by atoms with van der Waals surface area (Å²) in [4.78, 5) is 14.8. The van der Waals surface area contributed by atoms with Crippen LogP contribution in [-0.4, -0.2) is 34.1 Å². The molecule has 0 bridgehead atoms. The van der Waals surface area contributed by atoms with Crippen molar-refractivity contribution < 1.29 is 9.90 Å². The quantitative estimate of drug-likeness (QED) is 0.539. The summed E-state index contributed by atoms with van der Waals surface area (Å²) in [5.74, 6) is -0.297. The molecule has 29 heavy (non-hydrogen) atoms. The van der Waals surface area contributed by atoms with Gasteiger partial charge in [-0.3, -0.25) is 0 Å². The van der Waals surface area contributed by atoms with Gasteiger partial charge in [0.1, 0.15) is 4.88 Å². The Hall–Kier alpha value is -1.82. The minimum atomic E-state index is -0.800. The molecule has 1 fully saturated rings. The van der Waals surface area contributed by atoms with Crippen molar-refractivity contribution in [2.75, 3.05) is 13.6 Å². The number of likely N-dealkylation sites (N-methyl/N-ethyl adjacent to an activating group) is 1. The molecule has 1 saturated carbocycles. The lowest BCUT2D eigenvalue weighted by molar-refractivity contribution is 0.0700. The van der Waals surface area contributed by atoms with Crippen molar-refractivity contribution in [3.8, 4) is 11.3 Å². The Kier molecular flexibility index (Phi) is 4.93. The van der Waals surface area contributed by atoms with Gasteiger partial charge < -0.3 is 14.6 Å². The van der Waals surface area contributed by atoms with E-state index in [2.05, 4.69) is 28.6 Å². The lowest BCUT2D eigenvalue weighted by Gasteiger charge is -2.23. The first-order valence-electron chi connectivity index (χ1n) is 10.4. The third-order valence-electron chi connectivity index (χ3n) is 6.48. The number of halogens is 1. The van der Waals surface area contributed by atoms with Gasteiger partial charge in [0.25, 0.3) is 0 Å². The number of carboxylic acid groups (broad SMARTS) is 1. The Morgan fingerprint density at radius 1 is 1.14 bits per heavy atom. The zero-order valence-corrected chi connectivity index (χ0v) is 18.2. The van der Waals surface area contributed by atoms with Gasteiger partial charge >= 0.3 is 5.97 Å². The molecular formula is C23H25ClN2O2S. The molecule has 152 valence electrons. The van der Waals surface area contributed by atoms with Crippen LogP contribution in [0.15, 0.2) is 24.3 Å². The van der Waals surface area contributed by atoms with Crippen LogP contribution in [0, 0.1) is 0 Å². The van der Waals surface area contributed by atoms with E-state index in [-0.39, 0.29) is 0 Å². The lowest BCUT2D eigenvalue weighted by Crippen LogP contribution is -2.20. The van der Waals surface area contributed by atoms with Crippen molar-refractivity contribution in [1.29, 1.82) is 0 Å². The molecule has 1 N–H and O–H groups in total. The summed E-state index contributed by atoms with van der Waals surface area (Å²) in [5, 5.41) is 10.6. The van der Waals surface area contributed by atoms with E-state index < -0.39 is 5.97 Å². The first-order chi connectivity index (χ1) is 14.0. The topological polar surface area (TPSA) is 45.5 Å². The molecule has 3 heterocycles. The van der Waals surface area contributed by atoms with E-state index in [0.29, 0.717) is 17.3 Å². The van der Waals surface area contributed by atoms with Gasteiger partial charge in [-0.1, -0.05) is 43.0 Å². The van der Waals surface area contributed by atoms with Gasteiger partial charge in [0.15, 0.2) is 0 Å². The average Bonchev–Trinajstić information content (AvgIpc) is 3.16. The predicted molar refractivity (Wildman–Crippen MR) is 119 cm³/mol. The van der Waals surface area contributed by atoms with E-state index in [9.17, 15) is 9.90 Å². The maximum absolute atomic E-state index is 12.1. The largest absolute Gasteiger partial charge is 0.477 e. The number of carbonyl (C=O) groups is 1. The molecule has 0 radical (unpaired) electrons. The van der Waals surface area contributed by atoms with Gasteiger partial charge in [0, 0.05) is 30.2 Å². The van der Waals surface area contributed by atoms with Gasteiger partial charge in [0.2, 0.25) is 0 Å². The maximum atomic E-state index is 12.1. The summed E-state index contributed by atoms with van der Waals surface area (Å²) in [5.41, 5.74) is 5.98. The summed E-state index contributed by atoms with van der Waals surface area (Å²) < 4.78 is 3.61. The summed E-state index contributed by atoms with van der Waals surface area (Å²) in [7, 11) is 2.07. The van der Waals surface area contributed by atoms with Crippen LogP contribution in [0.2, 0.25) is 5.02 Å². The number of aromatic nitrogens is 1. The molecule has 1 aliphatic carbocycles. The number of carboxylic acids is 1. The maximum Gasteiger partial charge on any atom is 0.346 e. The Labute approximate surface area is 179 Å². The van der Waals surface area contributed by atoms with Crippen LogP contribution in [0.1, 0.15) is 58.8 Å². The SMILES string of the molecule is CN1CCn2c(-c3ccc(Cl)cc3)c(C3CCCCC3)c3sc(C(=O)O)c(c32)C1. The molecule has 0 atom stereocenters.